The molecule has 0 aromatic carbocycles. The van der Waals surface area contributed by atoms with Crippen LogP contribution in [0.4, 0.5) is 0 Å². The van der Waals surface area contributed by atoms with Crippen LogP contribution in [0, 0.1) is 5.92 Å². The number of hydrogen-bond acceptors (Lipinski definition) is 4. The first-order chi connectivity index (χ1) is 9.29. The molecule has 1 radical (unpaired) electrons. The van der Waals surface area contributed by atoms with Crippen LogP contribution in [0.5, 0.6) is 0 Å². The van der Waals surface area contributed by atoms with Crippen molar-refractivity contribution in [2.24, 2.45) is 11.7 Å². The van der Waals surface area contributed by atoms with Crippen LogP contribution >= 0.6 is 0 Å². The van der Waals surface area contributed by atoms with Gasteiger partial charge in [0, 0.05) is 63.6 Å². The highest BCUT2D eigenvalue weighted by atomic mass is 16.3. The molecule has 1 saturated heterocycles. The molecular weight excluding hydrogens is 242 g/mol. The molecule has 6 nitrogen and oxygen atoms in total. The lowest BCUT2D eigenvalue weighted by atomic mass is 9.96. The van der Waals surface area contributed by atoms with Gasteiger partial charge in [-0.15, -0.1) is 0 Å². The Hall–Kier alpha value is -0.950. The number of nitrogens with one attached hydrogen (secondary N) is 1. The van der Waals surface area contributed by atoms with Crippen molar-refractivity contribution >= 4 is 0 Å². The summed E-state index contributed by atoms with van der Waals surface area (Å²) in [5.74, 6) is 0.937. The first-order valence-corrected chi connectivity index (χ1v) is 7.00. The van der Waals surface area contributed by atoms with Crippen molar-refractivity contribution in [3.05, 3.63) is 18.2 Å². The van der Waals surface area contributed by atoms with E-state index in [0.29, 0.717) is 6.42 Å². The van der Waals surface area contributed by atoms with Gasteiger partial charge in [0.1, 0.15) is 5.82 Å². The minimum Gasteiger partial charge on any atom is -0.396 e. The topological polar surface area (TPSA) is 92.3 Å². The van der Waals surface area contributed by atoms with Gasteiger partial charge in [-0.05, 0) is 13.0 Å². The fourth-order valence-corrected chi connectivity index (χ4v) is 2.48. The van der Waals surface area contributed by atoms with E-state index < -0.39 is 0 Å². The van der Waals surface area contributed by atoms with Crippen molar-refractivity contribution in [1.82, 2.24) is 20.2 Å². The normalized spacial score (nSPS) is 20.9. The second-order valence-corrected chi connectivity index (χ2v) is 5.17. The van der Waals surface area contributed by atoms with Gasteiger partial charge >= 0.3 is 0 Å². The molecule has 0 saturated carbocycles. The number of aromatic nitrogens is 2. The first kappa shape index (κ1) is 14.5. The fourth-order valence-electron chi connectivity index (χ4n) is 2.48. The molecule has 1 aliphatic rings. The van der Waals surface area contributed by atoms with Crippen LogP contribution in [-0.4, -0.2) is 65.3 Å². The number of nitrogens with zero attached hydrogens (tertiary/aromatic N) is 3. The van der Waals surface area contributed by atoms with E-state index in [1.165, 1.54) is 0 Å². The van der Waals surface area contributed by atoms with Crippen LogP contribution in [0.15, 0.2) is 12.4 Å². The van der Waals surface area contributed by atoms with Gasteiger partial charge in [0.15, 0.2) is 0 Å². The van der Waals surface area contributed by atoms with Gasteiger partial charge in [0.25, 0.3) is 0 Å². The van der Waals surface area contributed by atoms with Crippen LogP contribution < -0.4 is 11.1 Å². The number of imidazole rings is 1. The number of hydrogen-bond donors (Lipinski definition) is 3. The molecule has 19 heavy (non-hydrogen) atoms. The van der Waals surface area contributed by atoms with Crippen molar-refractivity contribution in [2.45, 2.75) is 18.9 Å². The number of aromatic amines is 1. The fraction of sp³-hybridized carbons (Fsp3) is 0.769. The number of nitrogens with two attached hydrogens (primary N) is 1. The third-order valence-corrected chi connectivity index (χ3v) is 3.68. The van der Waals surface area contributed by atoms with E-state index in [1.807, 2.05) is 0 Å². The summed E-state index contributed by atoms with van der Waals surface area (Å²) in [5.41, 5.74) is 6.25. The molecule has 0 bridgehead atoms. The summed E-state index contributed by atoms with van der Waals surface area (Å²) < 4.78 is 0. The molecule has 1 aromatic rings. The van der Waals surface area contributed by atoms with Crippen molar-refractivity contribution in [3.63, 3.8) is 0 Å². The van der Waals surface area contributed by atoms with Gasteiger partial charge in [0.2, 0.25) is 0 Å². The summed E-state index contributed by atoms with van der Waals surface area (Å²) in [6.07, 6.45) is 5.33. The number of aliphatic hydroxyl groups is 1. The number of rotatable bonds is 6. The Bertz CT molecular complexity index is 335. The van der Waals surface area contributed by atoms with E-state index in [2.05, 4.69) is 20.2 Å². The smallest absolute Gasteiger partial charge is 0.106 e. The van der Waals surface area contributed by atoms with E-state index >= 15 is 0 Å². The zero-order valence-corrected chi connectivity index (χ0v) is 11.3. The van der Waals surface area contributed by atoms with E-state index in [9.17, 15) is 5.11 Å². The van der Waals surface area contributed by atoms with Gasteiger partial charge < -0.3 is 20.7 Å². The molecule has 0 spiro atoms. The van der Waals surface area contributed by atoms with E-state index in [-0.39, 0.29) is 18.6 Å². The second-order valence-electron chi connectivity index (χ2n) is 5.17. The van der Waals surface area contributed by atoms with E-state index in [0.717, 1.165) is 45.0 Å². The van der Waals surface area contributed by atoms with Crippen molar-refractivity contribution in [2.75, 3.05) is 39.3 Å². The second kappa shape index (κ2) is 7.59. The van der Waals surface area contributed by atoms with Crippen LogP contribution in [0.2, 0.25) is 0 Å². The Labute approximate surface area is 114 Å². The monoisotopic (exact) mass is 266 g/mol. The van der Waals surface area contributed by atoms with Crippen molar-refractivity contribution in [3.8, 4) is 0 Å². The van der Waals surface area contributed by atoms with Crippen LogP contribution in [0.3, 0.4) is 0 Å². The maximum atomic E-state index is 9.52. The molecule has 4 N–H and O–H groups in total. The van der Waals surface area contributed by atoms with Crippen LogP contribution in [0.25, 0.3) is 0 Å². The Balaban J connectivity index is 1.83. The first-order valence-electron chi connectivity index (χ1n) is 7.00. The Kier molecular flexibility index (Phi) is 5.78. The minimum atomic E-state index is -0.0341. The van der Waals surface area contributed by atoms with Crippen molar-refractivity contribution < 1.29 is 5.11 Å². The summed E-state index contributed by atoms with van der Waals surface area (Å²) in [6.45, 7) is 4.81. The molecule has 107 valence electrons. The third kappa shape index (κ3) is 4.58. The van der Waals surface area contributed by atoms with Crippen LogP contribution in [-0.2, 0) is 6.42 Å². The van der Waals surface area contributed by atoms with Gasteiger partial charge in [-0.2, -0.15) is 0 Å². The SMILES string of the molecule is NC(CN1CCC[N]CC1)C(CO)Cc1ncc[nH]1. The molecule has 1 fully saturated rings. The molecule has 0 amide bonds. The molecule has 2 unspecified atom stereocenters. The molecule has 1 aliphatic heterocycles. The largest absolute Gasteiger partial charge is 0.396 e. The Morgan fingerprint density at radius 2 is 2.32 bits per heavy atom. The minimum absolute atomic E-state index is 0.0341. The van der Waals surface area contributed by atoms with Gasteiger partial charge in [-0.3, -0.25) is 0 Å². The van der Waals surface area contributed by atoms with Crippen LogP contribution in [0.1, 0.15) is 12.2 Å². The molecule has 2 heterocycles. The van der Waals surface area contributed by atoms with Gasteiger partial charge in [-0.1, -0.05) is 0 Å². The van der Waals surface area contributed by atoms with Crippen molar-refractivity contribution in [1.29, 1.82) is 0 Å². The predicted octanol–water partition coefficient (Wildman–Crippen LogP) is -0.802. The summed E-state index contributed by atoms with van der Waals surface area (Å²) in [7, 11) is 0. The maximum absolute atomic E-state index is 9.52. The lowest BCUT2D eigenvalue weighted by molar-refractivity contribution is 0.171. The van der Waals surface area contributed by atoms with Gasteiger partial charge in [0.05, 0.1) is 0 Å². The highest BCUT2D eigenvalue weighted by Crippen LogP contribution is 2.10. The Morgan fingerprint density at radius 1 is 1.42 bits per heavy atom. The molecular formula is C13H24N5O. The molecule has 2 atom stereocenters. The highest BCUT2D eigenvalue weighted by Gasteiger charge is 2.21. The standard InChI is InChI=1S/C13H24N5O/c14-12(9-18-6-1-2-15-5-7-18)11(10-19)8-13-16-3-4-17-13/h3-4,11-12,19H,1-2,5-10,14H2,(H,16,17). The number of H-pyrrole nitrogens is 1. The zero-order valence-electron chi connectivity index (χ0n) is 11.3. The quantitative estimate of drug-likeness (QED) is 0.628. The molecule has 6 heteroatoms. The number of aliphatic hydroxyl groups excluding tert-OH is 1. The lowest BCUT2D eigenvalue weighted by Gasteiger charge is -2.28. The highest BCUT2D eigenvalue weighted by molar-refractivity contribution is 4.92. The summed E-state index contributed by atoms with van der Waals surface area (Å²) in [6, 6.07) is -0.0341. The average molecular weight is 266 g/mol. The Morgan fingerprint density at radius 3 is 3.05 bits per heavy atom. The lowest BCUT2D eigenvalue weighted by Crippen LogP contribution is -2.45. The maximum Gasteiger partial charge on any atom is 0.106 e. The molecule has 0 aliphatic carbocycles. The summed E-state index contributed by atoms with van der Waals surface area (Å²) in [4.78, 5) is 9.61. The van der Waals surface area contributed by atoms with E-state index in [1.54, 1.807) is 12.4 Å². The molecule has 2 rings (SSSR count). The van der Waals surface area contributed by atoms with E-state index in [4.69, 9.17) is 5.73 Å². The zero-order chi connectivity index (χ0) is 13.5. The summed E-state index contributed by atoms with van der Waals surface area (Å²) >= 11 is 0. The molecule has 1 aromatic heterocycles. The average Bonchev–Trinajstić information content (AvgIpc) is 2.79. The van der Waals surface area contributed by atoms with Gasteiger partial charge in [-0.25, -0.2) is 10.3 Å². The predicted molar refractivity (Wildman–Crippen MR) is 73.8 cm³/mol. The summed E-state index contributed by atoms with van der Waals surface area (Å²) in [5, 5.41) is 13.9. The third-order valence-electron chi connectivity index (χ3n) is 3.68.